The van der Waals surface area contributed by atoms with Crippen LogP contribution in [0.1, 0.15) is 19.8 Å². The molecule has 2 aromatic rings. The molecule has 1 aliphatic rings. The largest absolute Gasteiger partial charge is 0.494 e. The number of nitrogens with zero attached hydrogens (tertiary/aromatic N) is 3. The van der Waals surface area contributed by atoms with Crippen LogP contribution in [0.3, 0.4) is 0 Å². The summed E-state index contributed by atoms with van der Waals surface area (Å²) < 4.78 is 32.3. The molecule has 0 spiro atoms. The molecule has 1 fully saturated rings. The number of aromatic nitrogens is 2. The Labute approximate surface area is 156 Å². The topological polar surface area (TPSA) is 101 Å². The summed E-state index contributed by atoms with van der Waals surface area (Å²) in [6.45, 7) is 3.02. The van der Waals surface area contributed by atoms with Gasteiger partial charge in [-0.1, -0.05) is 11.3 Å². The lowest BCUT2D eigenvalue weighted by molar-refractivity contribution is -0.120. The van der Waals surface area contributed by atoms with E-state index in [4.69, 9.17) is 4.74 Å². The Morgan fingerprint density at radius 3 is 2.58 bits per heavy atom. The molecule has 1 aromatic heterocycles. The number of anilines is 1. The van der Waals surface area contributed by atoms with Crippen molar-refractivity contribution in [3.63, 3.8) is 0 Å². The Hall–Kier alpha value is -2.04. The smallest absolute Gasteiger partial charge is 0.243 e. The number of carbonyl (C=O) groups is 1. The van der Waals surface area contributed by atoms with Gasteiger partial charge in [-0.15, -0.1) is 10.2 Å². The van der Waals surface area contributed by atoms with Crippen molar-refractivity contribution >= 4 is 32.4 Å². The monoisotopic (exact) mass is 396 g/mol. The Bertz CT molecular complexity index is 830. The van der Waals surface area contributed by atoms with Crippen LogP contribution in [0.4, 0.5) is 5.13 Å². The first kappa shape index (κ1) is 18.7. The van der Waals surface area contributed by atoms with Crippen LogP contribution < -0.4 is 10.1 Å². The molecular formula is C16H20N4O4S2. The maximum atomic E-state index is 12.8. The van der Waals surface area contributed by atoms with Gasteiger partial charge < -0.3 is 10.1 Å². The average molecular weight is 396 g/mol. The third-order valence-corrected chi connectivity index (χ3v) is 6.71. The molecule has 1 amide bonds. The van der Waals surface area contributed by atoms with Crippen LogP contribution in [-0.4, -0.2) is 48.5 Å². The van der Waals surface area contributed by atoms with Gasteiger partial charge in [0.2, 0.25) is 21.1 Å². The van der Waals surface area contributed by atoms with Crippen molar-refractivity contribution in [2.75, 3.05) is 25.0 Å². The number of rotatable bonds is 6. The summed E-state index contributed by atoms with van der Waals surface area (Å²) in [6.07, 6.45) is 0.946. The third-order valence-electron chi connectivity index (χ3n) is 4.19. The predicted molar refractivity (Wildman–Crippen MR) is 97.6 cm³/mol. The van der Waals surface area contributed by atoms with Gasteiger partial charge in [-0.2, -0.15) is 4.31 Å². The van der Waals surface area contributed by atoms with Crippen LogP contribution in [0.25, 0.3) is 0 Å². The number of piperidine rings is 1. The molecule has 0 saturated carbocycles. The average Bonchev–Trinajstić information content (AvgIpc) is 3.15. The second-order valence-electron chi connectivity index (χ2n) is 5.82. The van der Waals surface area contributed by atoms with E-state index in [0.717, 1.165) is 0 Å². The van der Waals surface area contributed by atoms with Crippen LogP contribution in [0.5, 0.6) is 5.75 Å². The van der Waals surface area contributed by atoms with E-state index in [9.17, 15) is 13.2 Å². The number of carbonyl (C=O) groups excluding carboxylic acids is 1. The quantitative estimate of drug-likeness (QED) is 0.801. The lowest BCUT2D eigenvalue weighted by Crippen LogP contribution is -2.41. The SMILES string of the molecule is CCOc1ccc(S(=O)(=O)N2CCC(C(=O)Nc3nncs3)CC2)cc1. The number of nitrogens with one attached hydrogen (secondary N) is 1. The zero-order chi connectivity index (χ0) is 18.6. The molecule has 3 rings (SSSR count). The molecule has 0 unspecified atom stereocenters. The molecule has 26 heavy (non-hydrogen) atoms. The number of amides is 1. The Morgan fingerprint density at radius 2 is 2.00 bits per heavy atom. The van der Waals surface area contributed by atoms with Crippen molar-refractivity contribution in [1.29, 1.82) is 0 Å². The molecule has 0 bridgehead atoms. The fourth-order valence-corrected chi connectivity index (χ4v) is 4.73. The number of hydrogen-bond acceptors (Lipinski definition) is 7. The van der Waals surface area contributed by atoms with Gasteiger partial charge in [0.05, 0.1) is 11.5 Å². The minimum atomic E-state index is -3.57. The third kappa shape index (κ3) is 4.19. The molecule has 0 atom stereocenters. The molecule has 1 aliphatic heterocycles. The van der Waals surface area contributed by atoms with E-state index >= 15 is 0 Å². The highest BCUT2D eigenvalue weighted by Crippen LogP contribution is 2.26. The van der Waals surface area contributed by atoms with Crippen molar-refractivity contribution in [2.45, 2.75) is 24.7 Å². The zero-order valence-electron chi connectivity index (χ0n) is 14.3. The molecule has 140 valence electrons. The minimum absolute atomic E-state index is 0.139. The minimum Gasteiger partial charge on any atom is -0.494 e. The number of benzene rings is 1. The molecule has 2 heterocycles. The van der Waals surface area contributed by atoms with Gasteiger partial charge in [-0.05, 0) is 44.0 Å². The van der Waals surface area contributed by atoms with E-state index in [1.165, 1.54) is 15.6 Å². The Kier molecular flexibility index (Phi) is 5.84. The van der Waals surface area contributed by atoms with Crippen LogP contribution in [0, 0.1) is 5.92 Å². The zero-order valence-corrected chi connectivity index (χ0v) is 15.9. The summed E-state index contributed by atoms with van der Waals surface area (Å²) in [7, 11) is -3.57. The van der Waals surface area contributed by atoms with Gasteiger partial charge in [0.15, 0.2) is 0 Å². The summed E-state index contributed by atoms with van der Waals surface area (Å²) in [4.78, 5) is 12.5. The van der Waals surface area contributed by atoms with Crippen molar-refractivity contribution in [1.82, 2.24) is 14.5 Å². The van der Waals surface area contributed by atoms with E-state index < -0.39 is 10.0 Å². The van der Waals surface area contributed by atoms with Gasteiger partial charge >= 0.3 is 0 Å². The van der Waals surface area contributed by atoms with Crippen LogP contribution in [-0.2, 0) is 14.8 Å². The Morgan fingerprint density at radius 1 is 1.31 bits per heavy atom. The second kappa shape index (κ2) is 8.11. The number of sulfonamides is 1. The molecule has 10 heteroatoms. The first-order chi connectivity index (χ1) is 12.5. The molecule has 0 aliphatic carbocycles. The van der Waals surface area contributed by atoms with Crippen molar-refractivity contribution < 1.29 is 17.9 Å². The Balaban J connectivity index is 1.60. The summed E-state index contributed by atoms with van der Waals surface area (Å²) in [5, 5.41) is 10.6. The maximum Gasteiger partial charge on any atom is 0.243 e. The van der Waals surface area contributed by atoms with Gasteiger partial charge in [0.1, 0.15) is 11.3 Å². The molecule has 0 radical (unpaired) electrons. The second-order valence-corrected chi connectivity index (χ2v) is 8.59. The van der Waals surface area contributed by atoms with Crippen molar-refractivity contribution in [3.8, 4) is 5.75 Å². The highest BCUT2D eigenvalue weighted by molar-refractivity contribution is 7.89. The molecule has 1 saturated heterocycles. The van der Waals surface area contributed by atoms with Gasteiger partial charge in [0, 0.05) is 19.0 Å². The first-order valence-electron chi connectivity index (χ1n) is 8.30. The molecule has 8 nitrogen and oxygen atoms in total. The van der Waals surface area contributed by atoms with E-state index in [2.05, 4.69) is 15.5 Å². The maximum absolute atomic E-state index is 12.8. The lowest BCUT2D eigenvalue weighted by Gasteiger charge is -2.30. The normalized spacial score (nSPS) is 16.3. The highest BCUT2D eigenvalue weighted by Gasteiger charge is 2.32. The van der Waals surface area contributed by atoms with Crippen molar-refractivity contribution in [3.05, 3.63) is 29.8 Å². The van der Waals surface area contributed by atoms with Crippen LogP contribution >= 0.6 is 11.3 Å². The van der Waals surface area contributed by atoms with Crippen LogP contribution in [0.2, 0.25) is 0 Å². The van der Waals surface area contributed by atoms with Gasteiger partial charge in [0.25, 0.3) is 0 Å². The van der Waals surface area contributed by atoms with E-state index in [-0.39, 0.29) is 16.7 Å². The summed E-state index contributed by atoms with van der Waals surface area (Å²) >= 11 is 1.25. The summed E-state index contributed by atoms with van der Waals surface area (Å²) in [6, 6.07) is 6.40. The van der Waals surface area contributed by atoms with E-state index in [1.807, 2.05) is 6.92 Å². The molecule has 1 aromatic carbocycles. The molecular weight excluding hydrogens is 376 g/mol. The fourth-order valence-electron chi connectivity index (χ4n) is 2.82. The number of ether oxygens (including phenoxy) is 1. The summed E-state index contributed by atoms with van der Waals surface area (Å²) in [5.74, 6) is 0.268. The lowest BCUT2D eigenvalue weighted by atomic mass is 9.97. The fraction of sp³-hybridized carbons (Fsp3) is 0.438. The van der Waals surface area contributed by atoms with E-state index in [0.29, 0.717) is 43.4 Å². The summed E-state index contributed by atoms with van der Waals surface area (Å²) in [5.41, 5.74) is 1.54. The predicted octanol–water partition coefficient (Wildman–Crippen LogP) is 1.98. The highest BCUT2D eigenvalue weighted by atomic mass is 32.2. The standard InChI is InChI=1S/C16H20N4O4S2/c1-2-24-13-3-5-14(6-4-13)26(22,23)20-9-7-12(8-10-20)15(21)18-16-19-17-11-25-16/h3-6,11-12H,2,7-10H2,1H3,(H,18,19,21). The molecule has 1 N–H and O–H groups in total. The first-order valence-corrected chi connectivity index (χ1v) is 10.6. The van der Waals surface area contributed by atoms with Gasteiger partial charge in [-0.25, -0.2) is 8.42 Å². The van der Waals surface area contributed by atoms with E-state index in [1.54, 1.807) is 29.8 Å². The van der Waals surface area contributed by atoms with Crippen LogP contribution in [0.15, 0.2) is 34.7 Å². The number of hydrogen-bond donors (Lipinski definition) is 1. The van der Waals surface area contributed by atoms with Crippen molar-refractivity contribution in [2.24, 2.45) is 5.92 Å². The van der Waals surface area contributed by atoms with Gasteiger partial charge in [-0.3, -0.25) is 4.79 Å².